The summed E-state index contributed by atoms with van der Waals surface area (Å²) in [5.41, 5.74) is 0. The van der Waals surface area contributed by atoms with Crippen LogP contribution in [0.2, 0.25) is 0 Å². The van der Waals surface area contributed by atoms with Gasteiger partial charge in [-0.25, -0.2) is 0 Å². The van der Waals surface area contributed by atoms with E-state index in [4.69, 9.17) is 9.47 Å². The van der Waals surface area contributed by atoms with Crippen LogP contribution in [0.5, 0.6) is 0 Å². The molecule has 1 amide bonds. The highest BCUT2D eigenvalue weighted by Gasteiger charge is 2.44. The summed E-state index contributed by atoms with van der Waals surface area (Å²) in [5.74, 6) is -0.706. The second-order valence-electron chi connectivity index (χ2n) is 15.1. The Morgan fingerprint density at radius 2 is 1.12 bits per heavy atom. The van der Waals surface area contributed by atoms with Crippen LogP contribution in [0, 0.1) is 0 Å². The number of rotatable bonds is 34. The lowest BCUT2D eigenvalue weighted by molar-refractivity contribution is -0.303. The number of aliphatic hydroxyl groups is 7. The number of aliphatic hydroxyl groups excluding tert-OH is 7. The monoisotopic (exact) mass is 746 g/mol. The van der Waals surface area contributed by atoms with Gasteiger partial charge in [0.25, 0.3) is 0 Å². The molecule has 11 nitrogen and oxygen atoms in total. The van der Waals surface area contributed by atoms with E-state index in [0.29, 0.717) is 19.3 Å². The molecule has 1 heterocycles. The van der Waals surface area contributed by atoms with Gasteiger partial charge in [-0.15, -0.1) is 0 Å². The molecule has 0 aromatic carbocycles. The summed E-state index contributed by atoms with van der Waals surface area (Å²) in [6, 6.07) is -1.16. The first-order chi connectivity index (χ1) is 25.2. The summed E-state index contributed by atoms with van der Waals surface area (Å²) in [7, 11) is 0. The standard InChI is InChI=1S/C41H79NO10/c1-3-5-7-9-11-12-13-14-15-16-17-18-19-20-21-22-23-25-27-29-34(45)40(50)42-32(36(46)33(44)28-26-24-10-8-6-4-2)31-51-41-39(49)38(48)37(47)35(30-43)52-41/h17-18,32-39,41,43-49H,3-16,19-31H2,1-2H3,(H,42,50)/b18-17-. The van der Waals surface area contributed by atoms with E-state index in [-0.39, 0.29) is 6.42 Å². The Morgan fingerprint density at radius 3 is 1.62 bits per heavy atom. The highest BCUT2D eigenvalue weighted by atomic mass is 16.7. The molecular formula is C41H79NO10. The molecule has 0 aliphatic carbocycles. The maximum Gasteiger partial charge on any atom is 0.249 e. The normalized spacial score (nSPS) is 23.1. The molecule has 1 aliphatic rings. The molecule has 1 fully saturated rings. The molecule has 8 N–H and O–H groups in total. The van der Waals surface area contributed by atoms with Gasteiger partial charge in [-0.05, 0) is 38.5 Å². The summed E-state index contributed by atoms with van der Waals surface area (Å²) in [5, 5.41) is 75.0. The highest BCUT2D eigenvalue weighted by Crippen LogP contribution is 2.23. The van der Waals surface area contributed by atoms with Crippen LogP contribution in [0.4, 0.5) is 0 Å². The second-order valence-corrected chi connectivity index (χ2v) is 15.1. The van der Waals surface area contributed by atoms with E-state index in [1.165, 1.54) is 70.6 Å². The van der Waals surface area contributed by atoms with Gasteiger partial charge in [0.1, 0.15) is 36.6 Å². The summed E-state index contributed by atoms with van der Waals surface area (Å²) < 4.78 is 11.0. The van der Waals surface area contributed by atoms with Gasteiger partial charge < -0.3 is 50.5 Å². The SMILES string of the molecule is CCCCCCCCCCC/C=C\CCCCCCCCC(O)C(=O)NC(COC1OC(CO)C(O)C(O)C1O)C(O)C(O)CCCCCCCC. The smallest absolute Gasteiger partial charge is 0.249 e. The molecule has 0 saturated carbocycles. The molecule has 0 radical (unpaired) electrons. The molecule has 52 heavy (non-hydrogen) atoms. The number of carbonyl (C=O) groups is 1. The molecule has 9 atom stereocenters. The summed E-state index contributed by atoms with van der Waals surface area (Å²) in [6.07, 6.45) is 20.2. The Balaban J connectivity index is 2.39. The molecule has 0 aromatic rings. The van der Waals surface area contributed by atoms with Crippen molar-refractivity contribution >= 4 is 5.91 Å². The minimum Gasteiger partial charge on any atom is -0.394 e. The van der Waals surface area contributed by atoms with E-state index in [2.05, 4.69) is 31.3 Å². The van der Waals surface area contributed by atoms with Gasteiger partial charge in [0.2, 0.25) is 5.91 Å². The Hall–Kier alpha value is -1.15. The molecule has 1 saturated heterocycles. The lowest BCUT2D eigenvalue weighted by Gasteiger charge is -2.40. The van der Waals surface area contributed by atoms with Crippen LogP contribution in [0.3, 0.4) is 0 Å². The van der Waals surface area contributed by atoms with Gasteiger partial charge in [0.05, 0.1) is 25.4 Å². The minimum atomic E-state index is -1.66. The lowest BCUT2D eigenvalue weighted by atomic mass is 9.98. The van der Waals surface area contributed by atoms with Gasteiger partial charge in [0.15, 0.2) is 6.29 Å². The van der Waals surface area contributed by atoms with Crippen molar-refractivity contribution in [2.45, 2.75) is 229 Å². The third-order valence-corrected chi connectivity index (χ3v) is 10.3. The fourth-order valence-corrected chi connectivity index (χ4v) is 6.73. The molecular weight excluding hydrogens is 666 g/mol. The van der Waals surface area contributed by atoms with Crippen LogP contribution < -0.4 is 5.32 Å². The van der Waals surface area contributed by atoms with Crippen LogP contribution in [-0.2, 0) is 14.3 Å². The number of hydrogen-bond acceptors (Lipinski definition) is 10. The number of amides is 1. The number of hydrogen-bond donors (Lipinski definition) is 8. The van der Waals surface area contributed by atoms with Crippen LogP contribution in [-0.4, -0.2) is 110 Å². The second kappa shape index (κ2) is 32.1. The number of unbranched alkanes of at least 4 members (excludes halogenated alkanes) is 20. The average Bonchev–Trinajstić information content (AvgIpc) is 3.14. The quantitative estimate of drug-likeness (QED) is 0.0299. The topological polar surface area (TPSA) is 189 Å². The van der Waals surface area contributed by atoms with E-state index in [9.17, 15) is 40.5 Å². The zero-order chi connectivity index (χ0) is 38.4. The molecule has 0 spiro atoms. The maximum atomic E-state index is 13.0. The van der Waals surface area contributed by atoms with Crippen molar-refractivity contribution in [1.82, 2.24) is 5.32 Å². The minimum absolute atomic E-state index is 0.254. The highest BCUT2D eigenvalue weighted by molar-refractivity contribution is 5.80. The molecule has 11 heteroatoms. The van der Waals surface area contributed by atoms with E-state index >= 15 is 0 Å². The number of carbonyl (C=O) groups excluding carboxylic acids is 1. The summed E-state index contributed by atoms with van der Waals surface area (Å²) >= 11 is 0. The van der Waals surface area contributed by atoms with E-state index in [0.717, 1.165) is 64.2 Å². The number of ether oxygens (including phenoxy) is 2. The molecule has 0 aromatic heterocycles. The first-order valence-corrected chi connectivity index (χ1v) is 21.1. The first kappa shape index (κ1) is 48.9. The van der Waals surface area contributed by atoms with Gasteiger partial charge in [-0.2, -0.15) is 0 Å². The van der Waals surface area contributed by atoms with Gasteiger partial charge in [0, 0.05) is 0 Å². The van der Waals surface area contributed by atoms with Crippen LogP contribution >= 0.6 is 0 Å². The van der Waals surface area contributed by atoms with Gasteiger partial charge >= 0.3 is 0 Å². The van der Waals surface area contributed by atoms with Crippen molar-refractivity contribution in [1.29, 1.82) is 0 Å². The number of allylic oxidation sites excluding steroid dienone is 2. The predicted molar refractivity (Wildman–Crippen MR) is 206 cm³/mol. The van der Waals surface area contributed by atoms with Crippen molar-refractivity contribution < 1.29 is 50.0 Å². The lowest BCUT2D eigenvalue weighted by Crippen LogP contribution is -2.60. The van der Waals surface area contributed by atoms with Crippen LogP contribution in [0.1, 0.15) is 174 Å². The first-order valence-electron chi connectivity index (χ1n) is 21.1. The molecule has 1 rings (SSSR count). The average molecular weight is 746 g/mol. The van der Waals surface area contributed by atoms with Crippen molar-refractivity contribution in [2.24, 2.45) is 0 Å². The zero-order valence-corrected chi connectivity index (χ0v) is 32.8. The summed E-state index contributed by atoms with van der Waals surface area (Å²) in [4.78, 5) is 13.0. The Labute approximate surface area is 315 Å². The van der Waals surface area contributed by atoms with Crippen LogP contribution in [0.25, 0.3) is 0 Å². The van der Waals surface area contributed by atoms with Crippen molar-refractivity contribution in [2.75, 3.05) is 13.2 Å². The Morgan fingerprint density at radius 1 is 0.654 bits per heavy atom. The van der Waals surface area contributed by atoms with Crippen LogP contribution in [0.15, 0.2) is 12.2 Å². The Kier molecular flexibility index (Phi) is 30.2. The zero-order valence-electron chi connectivity index (χ0n) is 32.8. The van der Waals surface area contributed by atoms with Crippen molar-refractivity contribution in [3.8, 4) is 0 Å². The third-order valence-electron chi connectivity index (χ3n) is 10.3. The molecule has 9 unspecified atom stereocenters. The van der Waals surface area contributed by atoms with Crippen molar-refractivity contribution in [3.05, 3.63) is 12.2 Å². The van der Waals surface area contributed by atoms with Crippen molar-refractivity contribution in [3.63, 3.8) is 0 Å². The van der Waals surface area contributed by atoms with E-state index in [1.807, 2.05) is 0 Å². The van der Waals surface area contributed by atoms with Gasteiger partial charge in [-0.1, -0.05) is 148 Å². The third kappa shape index (κ3) is 22.3. The van der Waals surface area contributed by atoms with E-state index in [1.54, 1.807) is 0 Å². The number of nitrogens with one attached hydrogen (secondary N) is 1. The van der Waals surface area contributed by atoms with E-state index < -0.39 is 74.2 Å². The molecule has 0 bridgehead atoms. The van der Waals surface area contributed by atoms with Gasteiger partial charge in [-0.3, -0.25) is 4.79 Å². The molecule has 1 aliphatic heterocycles. The fourth-order valence-electron chi connectivity index (χ4n) is 6.73. The predicted octanol–water partition coefficient (Wildman–Crippen LogP) is 5.72. The largest absolute Gasteiger partial charge is 0.394 e. The fraction of sp³-hybridized carbons (Fsp3) is 0.927. The Bertz CT molecular complexity index is 861. The maximum absolute atomic E-state index is 13.0. The summed E-state index contributed by atoms with van der Waals surface area (Å²) in [6.45, 7) is 3.34. The molecule has 308 valence electrons.